The lowest BCUT2D eigenvalue weighted by molar-refractivity contribution is -0.133. The smallest absolute Gasteiger partial charge is 0.347 e. The summed E-state index contributed by atoms with van der Waals surface area (Å²) in [6.07, 6.45) is 3.54. The summed E-state index contributed by atoms with van der Waals surface area (Å²) < 4.78 is 9.67. The van der Waals surface area contributed by atoms with Crippen LogP contribution in [-0.4, -0.2) is 37.2 Å². The van der Waals surface area contributed by atoms with Gasteiger partial charge in [-0.15, -0.1) is 0 Å². The highest BCUT2D eigenvalue weighted by molar-refractivity contribution is 6.31. The molecule has 2 aliphatic carbocycles. The van der Waals surface area contributed by atoms with Gasteiger partial charge in [0.05, 0.1) is 24.6 Å². The van der Waals surface area contributed by atoms with Crippen molar-refractivity contribution in [3.63, 3.8) is 0 Å². The topological polar surface area (TPSA) is 113 Å². The maximum Gasteiger partial charge on any atom is 0.347 e. The van der Waals surface area contributed by atoms with E-state index in [9.17, 15) is 24.3 Å². The molecule has 4 aromatic rings. The number of hydrogen-bond donors (Lipinski definition) is 1. The van der Waals surface area contributed by atoms with E-state index >= 15 is 0 Å². The Morgan fingerprint density at radius 1 is 0.932 bits per heavy atom. The first-order valence-corrected chi connectivity index (χ1v) is 14.7. The van der Waals surface area contributed by atoms with Crippen LogP contribution in [0.3, 0.4) is 0 Å². The van der Waals surface area contributed by atoms with Crippen LogP contribution in [0.4, 0.5) is 0 Å². The van der Waals surface area contributed by atoms with Gasteiger partial charge in [0, 0.05) is 24.5 Å². The van der Waals surface area contributed by atoms with E-state index in [1.807, 2.05) is 73.7 Å². The zero-order chi connectivity index (χ0) is 30.7. The Hall–Kier alpha value is -5.18. The van der Waals surface area contributed by atoms with Crippen LogP contribution in [0.1, 0.15) is 42.0 Å². The number of carbonyl (C=O) groups excluding carboxylic acids is 2. The second-order valence-corrected chi connectivity index (χ2v) is 11.5. The van der Waals surface area contributed by atoms with Gasteiger partial charge in [0.15, 0.2) is 23.1 Å². The predicted octanol–water partition coefficient (Wildman–Crippen LogP) is 3.91. The van der Waals surface area contributed by atoms with Gasteiger partial charge in [-0.2, -0.15) is 0 Å². The Morgan fingerprint density at radius 3 is 2.34 bits per heavy atom. The second kappa shape index (κ2) is 10.2. The van der Waals surface area contributed by atoms with Gasteiger partial charge in [-0.25, -0.2) is 23.5 Å². The summed E-state index contributed by atoms with van der Waals surface area (Å²) in [4.78, 5) is 56.2. The lowest BCUT2D eigenvalue weighted by Crippen LogP contribution is -2.58. The van der Waals surface area contributed by atoms with Crippen molar-refractivity contribution in [3.8, 4) is 11.5 Å². The molecule has 0 spiro atoms. The Balaban J connectivity index is 1.56. The van der Waals surface area contributed by atoms with Crippen LogP contribution in [-0.2, 0) is 28.6 Å². The summed E-state index contributed by atoms with van der Waals surface area (Å²) in [6.45, 7) is 2.26. The van der Waals surface area contributed by atoms with Crippen LogP contribution in [0.2, 0.25) is 0 Å². The number of rotatable bonds is 5. The molecule has 2 heterocycles. The van der Waals surface area contributed by atoms with Gasteiger partial charge >= 0.3 is 11.4 Å². The number of phenolic OH excluding ortho intramolecular Hbond substituents is 1. The number of ketones is 2. The Bertz CT molecular complexity index is 2000. The average Bonchev–Trinajstić information content (AvgIpc) is 3.27. The van der Waals surface area contributed by atoms with Crippen LogP contribution in [0.5, 0.6) is 11.5 Å². The highest BCUT2D eigenvalue weighted by atomic mass is 16.5. The molecule has 1 aliphatic heterocycles. The number of nitrogens with zero attached hydrogens (tertiary/aromatic N) is 3. The zero-order valence-corrected chi connectivity index (χ0v) is 24.3. The van der Waals surface area contributed by atoms with E-state index < -0.39 is 34.7 Å². The third-order valence-electron chi connectivity index (χ3n) is 9.45. The molecule has 7 rings (SSSR count). The summed E-state index contributed by atoms with van der Waals surface area (Å²) in [5.41, 5.74) is 0.799. The van der Waals surface area contributed by atoms with Gasteiger partial charge in [0.25, 0.3) is 0 Å². The van der Waals surface area contributed by atoms with E-state index in [0.29, 0.717) is 28.9 Å². The van der Waals surface area contributed by atoms with Crippen LogP contribution in [0.25, 0.3) is 5.57 Å². The number of aromatic hydroxyl groups is 1. The molecule has 1 fully saturated rings. The number of hydrogen-bond acceptors (Lipinski definition) is 6. The number of allylic oxidation sites excluding steroid dienone is 4. The lowest BCUT2D eigenvalue weighted by atomic mass is 9.47. The van der Waals surface area contributed by atoms with E-state index in [1.165, 1.54) is 28.6 Å². The lowest BCUT2D eigenvalue weighted by Gasteiger charge is -2.54. The van der Waals surface area contributed by atoms with Gasteiger partial charge in [0.2, 0.25) is 0 Å². The molecule has 4 atom stereocenters. The summed E-state index contributed by atoms with van der Waals surface area (Å²) in [6, 6.07) is 22.8. The maximum absolute atomic E-state index is 14.9. The largest absolute Gasteiger partial charge is 0.504 e. The Kier molecular flexibility index (Phi) is 6.42. The number of Topliss-reactive ketones (excluding diaryl/α,β-unsaturated/α-hetero) is 1. The number of carbonyl (C=O) groups is 2. The minimum atomic E-state index is -1.36. The highest BCUT2D eigenvalue weighted by Crippen LogP contribution is 2.61. The van der Waals surface area contributed by atoms with Crippen molar-refractivity contribution in [2.24, 2.45) is 13.0 Å². The van der Waals surface area contributed by atoms with E-state index in [-0.39, 0.29) is 36.0 Å². The fraction of sp³-hybridized carbons (Fsp3) is 0.257. The molecule has 1 saturated carbocycles. The normalized spacial score (nSPS) is 24.1. The molecule has 3 aliphatic rings. The second-order valence-electron chi connectivity index (χ2n) is 11.5. The van der Waals surface area contributed by atoms with Crippen molar-refractivity contribution in [3.05, 3.63) is 134 Å². The minimum absolute atomic E-state index is 0.0451. The van der Waals surface area contributed by atoms with Gasteiger partial charge in [-0.05, 0) is 53.8 Å². The summed E-state index contributed by atoms with van der Waals surface area (Å²) in [5.74, 6) is -1.79. The molecule has 0 radical (unpaired) electrons. The van der Waals surface area contributed by atoms with Gasteiger partial charge in [-0.3, -0.25) is 9.59 Å². The van der Waals surface area contributed by atoms with Crippen molar-refractivity contribution >= 4 is 17.1 Å². The molecule has 44 heavy (non-hydrogen) atoms. The zero-order valence-electron chi connectivity index (χ0n) is 24.3. The Labute approximate surface area is 252 Å². The van der Waals surface area contributed by atoms with Crippen molar-refractivity contribution in [1.82, 2.24) is 13.9 Å². The first-order valence-electron chi connectivity index (χ1n) is 14.7. The monoisotopic (exact) mass is 589 g/mol. The summed E-state index contributed by atoms with van der Waals surface area (Å²) >= 11 is 0. The SMILES string of the molecule is CCOc1cc([C@H]2C3=CCn4c(=O)n(C)c(=O)n4[C@@H]3C[C@H]3C(=O)C(c4ccccc4)=CC(=O)[C@@]23c2ccccc2)ccc1O. The fourth-order valence-corrected chi connectivity index (χ4v) is 7.60. The molecule has 9 heteroatoms. The quantitative estimate of drug-likeness (QED) is 0.354. The minimum Gasteiger partial charge on any atom is -0.504 e. The van der Waals surface area contributed by atoms with E-state index in [2.05, 4.69) is 0 Å². The first-order chi connectivity index (χ1) is 21.3. The molecular weight excluding hydrogens is 558 g/mol. The van der Waals surface area contributed by atoms with Crippen molar-refractivity contribution in [2.75, 3.05) is 6.61 Å². The molecule has 0 unspecified atom stereocenters. The maximum atomic E-state index is 14.9. The van der Waals surface area contributed by atoms with Crippen LogP contribution in [0.15, 0.2) is 106 Å². The van der Waals surface area contributed by atoms with Gasteiger partial charge < -0.3 is 9.84 Å². The van der Waals surface area contributed by atoms with Crippen LogP contribution >= 0.6 is 0 Å². The number of ether oxygens (including phenoxy) is 1. The number of benzene rings is 3. The Morgan fingerprint density at radius 2 is 1.64 bits per heavy atom. The molecule has 0 amide bonds. The van der Waals surface area contributed by atoms with Crippen molar-refractivity contribution < 1.29 is 19.4 Å². The van der Waals surface area contributed by atoms with Gasteiger partial charge in [0.1, 0.15) is 0 Å². The van der Waals surface area contributed by atoms with E-state index in [0.717, 1.165) is 10.1 Å². The standard InChI is InChI=1S/C35H31N3O6/c1-3-44-29-18-22(14-15-28(29)39)31-24-16-17-37-33(42)36(2)34(43)38(37)27(24)20-26-32(41)25(21-10-6-4-7-11-21)19-30(40)35(26,31)23-12-8-5-9-13-23/h4-16,18-19,26-27,31,39H,3,17,20H2,1-2H3/t26-,27+,31-,35-/m0/s1. The van der Waals surface area contributed by atoms with E-state index in [1.54, 1.807) is 12.1 Å². The van der Waals surface area contributed by atoms with E-state index in [4.69, 9.17) is 4.74 Å². The molecule has 0 bridgehead atoms. The van der Waals surface area contributed by atoms with Crippen molar-refractivity contribution in [2.45, 2.75) is 37.3 Å². The highest BCUT2D eigenvalue weighted by Gasteiger charge is 2.63. The molecule has 1 N–H and O–H groups in total. The van der Waals surface area contributed by atoms with Crippen molar-refractivity contribution in [1.29, 1.82) is 0 Å². The first kappa shape index (κ1) is 27.6. The molecule has 222 valence electrons. The fourth-order valence-electron chi connectivity index (χ4n) is 7.60. The third-order valence-corrected chi connectivity index (χ3v) is 9.45. The number of fused-ring (bicyclic) bond motifs is 4. The third kappa shape index (κ3) is 3.78. The molecule has 0 saturated heterocycles. The number of phenols is 1. The summed E-state index contributed by atoms with van der Waals surface area (Å²) in [7, 11) is 1.44. The molecular formula is C35H31N3O6. The van der Waals surface area contributed by atoms with Crippen LogP contribution < -0.4 is 16.1 Å². The molecule has 1 aromatic heterocycles. The number of aromatic nitrogens is 3. The molecule has 9 nitrogen and oxygen atoms in total. The predicted molar refractivity (Wildman–Crippen MR) is 164 cm³/mol. The molecule has 3 aromatic carbocycles. The average molecular weight is 590 g/mol. The van der Waals surface area contributed by atoms with Crippen LogP contribution in [0, 0.1) is 5.92 Å². The van der Waals surface area contributed by atoms with Gasteiger partial charge in [-0.1, -0.05) is 72.8 Å². The summed E-state index contributed by atoms with van der Waals surface area (Å²) in [5, 5.41) is 10.6.